The number of aliphatic hydroxyl groups is 4. The van der Waals surface area contributed by atoms with Crippen molar-refractivity contribution in [2.24, 2.45) is 5.18 Å². The number of nitroso groups, excluding NO2 is 1. The fourth-order valence-electron chi connectivity index (χ4n) is 3.55. The third-order valence-corrected chi connectivity index (χ3v) is 5.32. The number of benzene rings is 2. The number of nitrogens with zero attached hydrogens (tertiary/aromatic N) is 2. The summed E-state index contributed by atoms with van der Waals surface area (Å²) in [6.07, 6.45) is -3.10. The lowest BCUT2D eigenvalue weighted by molar-refractivity contribution is -0.0856. The molecule has 2 aromatic rings. The van der Waals surface area contributed by atoms with E-state index in [1.807, 2.05) is 23.1 Å². The van der Waals surface area contributed by atoms with Crippen LogP contribution >= 0.6 is 0 Å². The van der Waals surface area contributed by atoms with Gasteiger partial charge >= 0.3 is 0 Å². The highest BCUT2D eigenvalue weighted by Gasteiger charge is 2.33. The van der Waals surface area contributed by atoms with Crippen molar-refractivity contribution < 1.29 is 25.2 Å². The van der Waals surface area contributed by atoms with Crippen molar-refractivity contribution in [2.75, 3.05) is 40.0 Å². The number of aryl methyl sites for hydroxylation is 1. The monoisotopic (exact) mass is 420 g/mol. The van der Waals surface area contributed by atoms with Crippen LogP contribution in [0.3, 0.4) is 0 Å². The molecule has 0 bridgehead atoms. The molecule has 0 radical (unpaired) electrons. The van der Waals surface area contributed by atoms with E-state index in [2.05, 4.69) is 29.4 Å². The van der Waals surface area contributed by atoms with Gasteiger partial charge in [-0.15, -0.1) is 0 Å². The lowest BCUT2D eigenvalue weighted by Crippen LogP contribution is -2.49. The minimum absolute atomic E-state index is 0.110. The topological polar surface area (TPSA) is 123 Å². The molecule has 8 nitrogen and oxygen atoms in total. The lowest BCUT2D eigenvalue weighted by Gasteiger charge is -2.29. The van der Waals surface area contributed by atoms with Gasteiger partial charge in [0, 0.05) is 20.2 Å². The summed E-state index contributed by atoms with van der Waals surface area (Å²) in [6.45, 7) is 1.01. The van der Waals surface area contributed by atoms with Crippen molar-refractivity contribution in [1.29, 1.82) is 0 Å². The molecule has 2 aromatic carbocycles. The van der Waals surface area contributed by atoms with Crippen molar-refractivity contribution in [3.8, 4) is 0 Å². The van der Waals surface area contributed by atoms with Gasteiger partial charge < -0.3 is 25.2 Å². The van der Waals surface area contributed by atoms with E-state index in [0.717, 1.165) is 12.8 Å². The molecule has 0 aliphatic rings. The van der Waals surface area contributed by atoms with E-state index in [4.69, 9.17) is 9.84 Å². The molecule has 0 saturated carbocycles. The maximum Gasteiger partial charge on any atom is 0.133 e. The first-order chi connectivity index (χ1) is 14.5. The largest absolute Gasteiger partial charge is 0.394 e. The van der Waals surface area contributed by atoms with Crippen molar-refractivity contribution in [3.05, 3.63) is 52.9 Å². The zero-order chi connectivity index (χ0) is 21.9. The summed E-state index contributed by atoms with van der Waals surface area (Å²) in [5, 5.41) is 43.9. The quantitative estimate of drug-likeness (QED) is 0.335. The van der Waals surface area contributed by atoms with Crippen LogP contribution in [0.15, 0.2) is 47.6 Å². The van der Waals surface area contributed by atoms with E-state index in [0.29, 0.717) is 19.7 Å². The van der Waals surface area contributed by atoms with E-state index < -0.39 is 31.0 Å². The summed E-state index contributed by atoms with van der Waals surface area (Å²) in [5.41, 5.74) is 1.24. The summed E-state index contributed by atoms with van der Waals surface area (Å²) in [6, 6.07) is 13.3. The average molecular weight is 421 g/mol. The molecule has 166 valence electrons. The standard InChI is InChI=1S/C22H32N2O6/c1-30-13-12-24(14-19(23-29)21(27)22(28)20(26)15-25)11-5-9-17-8-4-7-16-6-2-3-10-18(16)17/h2-4,6-8,10,19-22,25-28H,5,9,11-15H2,1H3/t19-,20+,21+,22+/m0/s1. The summed E-state index contributed by atoms with van der Waals surface area (Å²) >= 11 is 0. The maximum atomic E-state index is 11.3. The number of aliphatic hydroxyl groups excluding tert-OH is 4. The van der Waals surface area contributed by atoms with Crippen molar-refractivity contribution in [1.82, 2.24) is 4.90 Å². The summed E-state index contributed by atoms with van der Waals surface area (Å²) in [4.78, 5) is 13.2. The SMILES string of the molecule is COCCN(CCCc1cccc2ccccc12)C[C@H](N=O)[C@@H](O)[C@H](O)[C@H](O)CO. The summed E-state index contributed by atoms with van der Waals surface area (Å²) < 4.78 is 5.14. The van der Waals surface area contributed by atoms with E-state index in [1.54, 1.807) is 7.11 Å². The first-order valence-electron chi connectivity index (χ1n) is 10.2. The van der Waals surface area contributed by atoms with E-state index in [-0.39, 0.29) is 6.54 Å². The summed E-state index contributed by atoms with van der Waals surface area (Å²) in [7, 11) is 1.58. The van der Waals surface area contributed by atoms with Gasteiger partial charge in [-0.25, -0.2) is 0 Å². The van der Waals surface area contributed by atoms with Gasteiger partial charge in [-0.3, -0.25) is 4.90 Å². The highest BCUT2D eigenvalue weighted by Crippen LogP contribution is 2.20. The molecule has 4 atom stereocenters. The Hall–Kier alpha value is -1.94. The normalized spacial score (nSPS) is 15.8. The smallest absolute Gasteiger partial charge is 0.133 e. The number of hydrogen-bond donors (Lipinski definition) is 4. The first-order valence-corrected chi connectivity index (χ1v) is 10.2. The van der Waals surface area contributed by atoms with Gasteiger partial charge in [0.15, 0.2) is 0 Å². The molecule has 0 saturated heterocycles. The minimum Gasteiger partial charge on any atom is -0.394 e. The van der Waals surface area contributed by atoms with Crippen molar-refractivity contribution >= 4 is 10.8 Å². The molecule has 2 rings (SSSR count). The third kappa shape index (κ3) is 6.80. The molecule has 30 heavy (non-hydrogen) atoms. The Kier molecular flexibility index (Phi) is 10.3. The molecule has 0 fully saturated rings. The molecule has 0 unspecified atom stereocenters. The van der Waals surface area contributed by atoms with Crippen LogP contribution in [0.1, 0.15) is 12.0 Å². The maximum absolute atomic E-state index is 11.3. The number of rotatable bonds is 14. The third-order valence-electron chi connectivity index (χ3n) is 5.32. The van der Waals surface area contributed by atoms with Gasteiger partial charge in [-0.05, 0) is 35.7 Å². The first kappa shape index (κ1) is 24.3. The second-order valence-corrected chi connectivity index (χ2v) is 7.44. The van der Waals surface area contributed by atoms with E-state index in [9.17, 15) is 20.2 Å². The second-order valence-electron chi connectivity index (χ2n) is 7.44. The van der Waals surface area contributed by atoms with Crippen LogP contribution in [-0.2, 0) is 11.2 Å². The van der Waals surface area contributed by atoms with Gasteiger partial charge in [0.1, 0.15) is 24.4 Å². The zero-order valence-corrected chi connectivity index (χ0v) is 17.3. The molecular weight excluding hydrogens is 388 g/mol. The Bertz CT molecular complexity index is 769. The van der Waals surface area contributed by atoms with Crippen LogP contribution in [0.4, 0.5) is 0 Å². The Labute approximate surface area is 176 Å². The van der Waals surface area contributed by atoms with Crippen LogP contribution in [0.2, 0.25) is 0 Å². The highest BCUT2D eigenvalue weighted by molar-refractivity contribution is 5.85. The fraction of sp³-hybridized carbons (Fsp3) is 0.545. The predicted octanol–water partition coefficient (Wildman–Crippen LogP) is 0.931. The molecule has 0 heterocycles. The molecule has 0 aliphatic carbocycles. The van der Waals surface area contributed by atoms with Crippen molar-refractivity contribution in [2.45, 2.75) is 37.2 Å². The van der Waals surface area contributed by atoms with Crippen molar-refractivity contribution in [3.63, 3.8) is 0 Å². The molecule has 0 aromatic heterocycles. The Morgan fingerprint density at radius 1 is 1.03 bits per heavy atom. The molecule has 0 spiro atoms. The van der Waals surface area contributed by atoms with E-state index in [1.165, 1.54) is 16.3 Å². The van der Waals surface area contributed by atoms with Crippen LogP contribution in [0.25, 0.3) is 10.8 Å². The molecule has 8 heteroatoms. The van der Waals surface area contributed by atoms with Crippen LogP contribution in [-0.4, -0.2) is 89.6 Å². The molecule has 0 amide bonds. The fourth-order valence-corrected chi connectivity index (χ4v) is 3.55. The molecular formula is C22H32N2O6. The van der Waals surface area contributed by atoms with Crippen LogP contribution in [0, 0.1) is 4.91 Å². The number of hydrogen-bond acceptors (Lipinski definition) is 8. The molecule has 4 N–H and O–H groups in total. The van der Waals surface area contributed by atoms with Gasteiger partial charge in [0.05, 0.1) is 13.2 Å². The number of methoxy groups -OCH3 is 1. The minimum atomic E-state index is -1.65. The second kappa shape index (κ2) is 12.7. The Balaban J connectivity index is 1.99. The number of ether oxygens (including phenoxy) is 1. The number of fused-ring (bicyclic) bond motifs is 1. The molecule has 0 aliphatic heterocycles. The highest BCUT2D eigenvalue weighted by atomic mass is 16.5. The van der Waals surface area contributed by atoms with E-state index >= 15 is 0 Å². The summed E-state index contributed by atoms with van der Waals surface area (Å²) in [5.74, 6) is 0. The van der Waals surface area contributed by atoms with Crippen LogP contribution < -0.4 is 0 Å². The van der Waals surface area contributed by atoms with Crippen LogP contribution in [0.5, 0.6) is 0 Å². The Morgan fingerprint density at radius 2 is 1.77 bits per heavy atom. The van der Waals surface area contributed by atoms with Gasteiger partial charge in [-0.2, -0.15) is 4.91 Å². The zero-order valence-electron chi connectivity index (χ0n) is 17.3. The predicted molar refractivity (Wildman–Crippen MR) is 115 cm³/mol. The van der Waals surface area contributed by atoms with Gasteiger partial charge in [-0.1, -0.05) is 47.6 Å². The van der Waals surface area contributed by atoms with Gasteiger partial charge in [0.25, 0.3) is 0 Å². The lowest BCUT2D eigenvalue weighted by atomic mass is 10.00. The Morgan fingerprint density at radius 3 is 2.47 bits per heavy atom. The van der Waals surface area contributed by atoms with Gasteiger partial charge in [0.2, 0.25) is 0 Å². The average Bonchev–Trinajstić information content (AvgIpc) is 2.79.